The Kier molecular flexibility index (Phi) is 3.12. The highest BCUT2D eigenvalue weighted by atomic mass is 19.1. The third kappa shape index (κ3) is 2.06. The van der Waals surface area contributed by atoms with Gasteiger partial charge in [0.05, 0.1) is 5.52 Å². The zero-order valence-electron chi connectivity index (χ0n) is 13.6. The van der Waals surface area contributed by atoms with Gasteiger partial charge in [0.2, 0.25) is 0 Å². The highest BCUT2D eigenvalue weighted by Gasteiger charge is 2.21. The first-order chi connectivity index (χ1) is 11.8. The van der Waals surface area contributed by atoms with Crippen molar-refractivity contribution in [2.75, 3.05) is 0 Å². The summed E-state index contributed by atoms with van der Waals surface area (Å²) in [5.41, 5.74) is 3.68. The van der Waals surface area contributed by atoms with Gasteiger partial charge in [-0.15, -0.1) is 0 Å². The second-order valence-electron chi connectivity index (χ2n) is 7.09. The molecule has 0 amide bonds. The highest BCUT2D eigenvalue weighted by molar-refractivity contribution is 6.18. The summed E-state index contributed by atoms with van der Waals surface area (Å²) < 4.78 is 13.9. The summed E-state index contributed by atoms with van der Waals surface area (Å²) in [6.07, 6.45) is 6.51. The molecule has 0 saturated heterocycles. The highest BCUT2D eigenvalue weighted by Crippen LogP contribution is 2.42. The number of H-pyrrole nitrogens is 1. The van der Waals surface area contributed by atoms with E-state index in [1.165, 1.54) is 48.4 Å². The molecule has 2 heteroatoms. The largest absolute Gasteiger partial charge is 0.354 e. The summed E-state index contributed by atoms with van der Waals surface area (Å²) in [5.74, 6) is 0.447. The van der Waals surface area contributed by atoms with Gasteiger partial charge >= 0.3 is 0 Å². The lowest BCUT2D eigenvalue weighted by atomic mass is 9.81. The van der Waals surface area contributed by atoms with Gasteiger partial charge in [0.15, 0.2) is 0 Å². The van der Waals surface area contributed by atoms with Crippen LogP contribution in [0.2, 0.25) is 0 Å². The van der Waals surface area contributed by atoms with Gasteiger partial charge in [-0.3, -0.25) is 0 Å². The second kappa shape index (κ2) is 5.34. The third-order valence-corrected chi connectivity index (χ3v) is 5.64. The Morgan fingerprint density at radius 1 is 0.875 bits per heavy atom. The number of aromatic amines is 1. The fourth-order valence-electron chi connectivity index (χ4n) is 4.49. The van der Waals surface area contributed by atoms with Gasteiger partial charge < -0.3 is 4.98 Å². The van der Waals surface area contributed by atoms with Crippen molar-refractivity contribution < 1.29 is 4.39 Å². The molecule has 1 nitrogen and oxygen atoms in total. The summed E-state index contributed by atoms with van der Waals surface area (Å²) in [6, 6.07) is 15.9. The van der Waals surface area contributed by atoms with Crippen LogP contribution in [0.1, 0.15) is 43.6 Å². The monoisotopic (exact) mass is 317 g/mol. The standard InChI is InChI=1S/C22H20FN/c23-16-11-10-15-12-18(14-6-2-1-3-7-14)21-17-8-4-5-9-20(17)24-22(21)19(15)13-16/h4-5,8-14,24H,1-3,6-7H2. The molecule has 1 aromatic heterocycles. The molecule has 120 valence electrons. The number of nitrogens with one attached hydrogen (secondary N) is 1. The maximum atomic E-state index is 13.9. The van der Waals surface area contributed by atoms with Gasteiger partial charge in [0.25, 0.3) is 0 Å². The minimum absolute atomic E-state index is 0.173. The van der Waals surface area contributed by atoms with Crippen LogP contribution in [-0.4, -0.2) is 4.98 Å². The summed E-state index contributed by atoms with van der Waals surface area (Å²) in [6.45, 7) is 0. The van der Waals surface area contributed by atoms with E-state index in [9.17, 15) is 4.39 Å². The number of halogens is 1. The van der Waals surface area contributed by atoms with Crippen molar-refractivity contribution in [1.29, 1.82) is 0 Å². The molecule has 1 aliphatic carbocycles. The van der Waals surface area contributed by atoms with Crippen LogP contribution in [0, 0.1) is 5.82 Å². The fraction of sp³-hybridized carbons (Fsp3) is 0.273. The molecular formula is C22H20FN. The van der Waals surface area contributed by atoms with Crippen LogP contribution < -0.4 is 0 Å². The second-order valence-corrected chi connectivity index (χ2v) is 7.09. The van der Waals surface area contributed by atoms with E-state index in [0.29, 0.717) is 5.92 Å². The number of para-hydroxylation sites is 1. The number of hydrogen-bond donors (Lipinski definition) is 1. The topological polar surface area (TPSA) is 15.8 Å². The number of aromatic nitrogens is 1. The molecule has 1 saturated carbocycles. The van der Waals surface area contributed by atoms with Crippen LogP contribution in [0.25, 0.3) is 32.6 Å². The zero-order chi connectivity index (χ0) is 16.1. The van der Waals surface area contributed by atoms with E-state index in [1.807, 2.05) is 6.07 Å². The lowest BCUT2D eigenvalue weighted by molar-refractivity contribution is 0.446. The number of rotatable bonds is 1. The smallest absolute Gasteiger partial charge is 0.123 e. The predicted octanol–water partition coefficient (Wildman–Crippen LogP) is 6.66. The van der Waals surface area contributed by atoms with Crippen molar-refractivity contribution in [2.24, 2.45) is 0 Å². The Hall–Kier alpha value is -2.35. The third-order valence-electron chi connectivity index (χ3n) is 5.64. The molecule has 0 unspecified atom stereocenters. The number of benzene rings is 3. The van der Waals surface area contributed by atoms with Crippen LogP contribution in [0.5, 0.6) is 0 Å². The lowest BCUT2D eigenvalue weighted by Crippen LogP contribution is -2.05. The molecular weight excluding hydrogens is 297 g/mol. The van der Waals surface area contributed by atoms with Gasteiger partial charge in [-0.2, -0.15) is 0 Å². The van der Waals surface area contributed by atoms with E-state index in [0.717, 1.165) is 21.8 Å². The molecule has 0 bridgehead atoms. The Bertz CT molecular complexity index is 1050. The maximum absolute atomic E-state index is 13.9. The van der Waals surface area contributed by atoms with Gasteiger partial charge in [-0.05, 0) is 47.9 Å². The van der Waals surface area contributed by atoms with Crippen molar-refractivity contribution in [3.05, 3.63) is 59.9 Å². The molecule has 1 aliphatic rings. The summed E-state index contributed by atoms with van der Waals surface area (Å²) in [4.78, 5) is 3.56. The van der Waals surface area contributed by atoms with Gasteiger partial charge in [0, 0.05) is 21.7 Å². The van der Waals surface area contributed by atoms with E-state index in [4.69, 9.17) is 0 Å². The van der Waals surface area contributed by atoms with Crippen molar-refractivity contribution >= 4 is 32.6 Å². The first-order valence-electron chi connectivity index (χ1n) is 8.94. The number of fused-ring (bicyclic) bond motifs is 5. The molecule has 0 radical (unpaired) electrons. The fourth-order valence-corrected chi connectivity index (χ4v) is 4.49. The predicted molar refractivity (Wildman–Crippen MR) is 99.1 cm³/mol. The van der Waals surface area contributed by atoms with Crippen LogP contribution >= 0.6 is 0 Å². The molecule has 24 heavy (non-hydrogen) atoms. The molecule has 5 rings (SSSR count). The summed E-state index contributed by atoms with van der Waals surface area (Å²) >= 11 is 0. The molecule has 0 aliphatic heterocycles. The van der Waals surface area contributed by atoms with Crippen molar-refractivity contribution in [3.63, 3.8) is 0 Å². The van der Waals surface area contributed by atoms with Crippen LogP contribution in [0.3, 0.4) is 0 Å². The SMILES string of the molecule is Fc1ccc2cc(C3CCCCC3)c3c4ccccc4[nH]c3c2c1. The van der Waals surface area contributed by atoms with Gasteiger partial charge in [0.1, 0.15) is 5.82 Å². The van der Waals surface area contributed by atoms with Crippen molar-refractivity contribution in [3.8, 4) is 0 Å². The van der Waals surface area contributed by atoms with E-state index in [-0.39, 0.29) is 5.82 Å². The molecule has 1 N–H and O–H groups in total. The van der Waals surface area contributed by atoms with Gasteiger partial charge in [-0.1, -0.05) is 49.6 Å². The lowest BCUT2D eigenvalue weighted by Gasteiger charge is -2.23. The minimum Gasteiger partial charge on any atom is -0.354 e. The van der Waals surface area contributed by atoms with E-state index >= 15 is 0 Å². The Morgan fingerprint density at radius 3 is 2.58 bits per heavy atom. The zero-order valence-corrected chi connectivity index (χ0v) is 13.6. The molecule has 0 atom stereocenters. The maximum Gasteiger partial charge on any atom is 0.123 e. The van der Waals surface area contributed by atoms with Crippen molar-refractivity contribution in [2.45, 2.75) is 38.0 Å². The molecule has 3 aromatic carbocycles. The normalized spacial score (nSPS) is 16.4. The van der Waals surface area contributed by atoms with Crippen molar-refractivity contribution in [1.82, 2.24) is 4.98 Å². The first kappa shape index (κ1) is 14.0. The minimum atomic E-state index is -0.173. The van der Waals surface area contributed by atoms with E-state index in [1.54, 1.807) is 12.1 Å². The molecule has 0 spiro atoms. The molecule has 4 aromatic rings. The van der Waals surface area contributed by atoms with Crippen LogP contribution in [0.4, 0.5) is 4.39 Å². The molecule has 1 fully saturated rings. The molecule has 1 heterocycles. The van der Waals surface area contributed by atoms with Crippen LogP contribution in [-0.2, 0) is 0 Å². The average Bonchev–Trinajstić information content (AvgIpc) is 3.02. The average molecular weight is 317 g/mol. The van der Waals surface area contributed by atoms with Gasteiger partial charge in [-0.25, -0.2) is 4.39 Å². The quantitative estimate of drug-likeness (QED) is 0.404. The Labute approximate surface area is 140 Å². The summed E-state index contributed by atoms with van der Waals surface area (Å²) in [5, 5.41) is 4.69. The summed E-state index contributed by atoms with van der Waals surface area (Å²) in [7, 11) is 0. The van der Waals surface area contributed by atoms with E-state index < -0.39 is 0 Å². The van der Waals surface area contributed by atoms with Crippen LogP contribution in [0.15, 0.2) is 48.5 Å². The number of hydrogen-bond acceptors (Lipinski definition) is 0. The first-order valence-corrected chi connectivity index (χ1v) is 8.94. The Balaban J connectivity index is 1.93. The Morgan fingerprint density at radius 2 is 1.71 bits per heavy atom. The van der Waals surface area contributed by atoms with E-state index in [2.05, 4.69) is 35.3 Å².